The number of hydrogen-bond acceptors (Lipinski definition) is 4. The van der Waals surface area contributed by atoms with Gasteiger partial charge in [0.2, 0.25) is 5.88 Å². The zero-order valence-corrected chi connectivity index (χ0v) is 10.8. The van der Waals surface area contributed by atoms with Gasteiger partial charge in [0.15, 0.2) is 0 Å². The number of nitrogens with one attached hydrogen (secondary N) is 1. The minimum Gasteiger partial charge on any atom is -0.478 e. The molecule has 1 rings (SSSR count). The van der Waals surface area contributed by atoms with E-state index < -0.39 is 0 Å². The lowest BCUT2D eigenvalue weighted by Gasteiger charge is -2.09. The van der Waals surface area contributed by atoms with Crippen molar-refractivity contribution >= 4 is 5.91 Å². The lowest BCUT2D eigenvalue weighted by Crippen LogP contribution is -2.27. The Morgan fingerprint density at radius 1 is 1.50 bits per heavy atom. The van der Waals surface area contributed by atoms with Gasteiger partial charge in [-0.2, -0.15) is 0 Å². The van der Waals surface area contributed by atoms with Crippen LogP contribution in [0.1, 0.15) is 37.0 Å². The lowest BCUT2D eigenvalue weighted by atomic mass is 10.2. The molecule has 0 fully saturated rings. The number of pyridine rings is 1. The van der Waals surface area contributed by atoms with Gasteiger partial charge in [-0.1, -0.05) is 6.92 Å². The number of nitrogens with zero attached hydrogens (tertiary/aromatic N) is 1. The molecular formula is C13H20N2O3. The lowest BCUT2D eigenvalue weighted by molar-refractivity contribution is 0.0941. The van der Waals surface area contributed by atoms with Gasteiger partial charge in [0.1, 0.15) is 0 Å². The molecule has 0 bridgehead atoms. The molecular weight excluding hydrogens is 232 g/mol. The molecule has 1 unspecified atom stereocenters. The molecule has 0 aliphatic rings. The fourth-order valence-electron chi connectivity index (χ4n) is 1.41. The van der Waals surface area contributed by atoms with Crippen molar-refractivity contribution in [3.8, 4) is 5.88 Å². The number of carbonyl (C=O) groups is 1. The molecule has 1 amide bonds. The highest BCUT2D eigenvalue weighted by molar-refractivity contribution is 5.93. The Morgan fingerprint density at radius 2 is 2.28 bits per heavy atom. The van der Waals surface area contributed by atoms with Crippen LogP contribution in [0.25, 0.3) is 0 Å². The van der Waals surface area contributed by atoms with E-state index in [9.17, 15) is 9.90 Å². The first-order valence-corrected chi connectivity index (χ1v) is 6.22. The van der Waals surface area contributed by atoms with E-state index in [2.05, 4.69) is 10.3 Å². The molecule has 100 valence electrons. The molecule has 0 aromatic carbocycles. The summed E-state index contributed by atoms with van der Waals surface area (Å²) in [7, 11) is 0. The van der Waals surface area contributed by atoms with Gasteiger partial charge in [0.25, 0.3) is 5.91 Å². The standard InChI is InChI=1S/C13H20N2O3/c1-3-11(16)7-8-14-13(17)10-5-6-12(15-9-10)18-4-2/h5-6,9,11,16H,3-4,7-8H2,1-2H3,(H,14,17). The summed E-state index contributed by atoms with van der Waals surface area (Å²) in [5.41, 5.74) is 0.490. The van der Waals surface area contributed by atoms with E-state index in [0.717, 1.165) is 0 Å². The van der Waals surface area contributed by atoms with E-state index in [0.29, 0.717) is 37.4 Å². The zero-order chi connectivity index (χ0) is 13.4. The van der Waals surface area contributed by atoms with E-state index in [-0.39, 0.29) is 12.0 Å². The van der Waals surface area contributed by atoms with Gasteiger partial charge in [0, 0.05) is 18.8 Å². The number of aromatic nitrogens is 1. The Morgan fingerprint density at radius 3 is 2.83 bits per heavy atom. The van der Waals surface area contributed by atoms with Crippen LogP contribution in [0.3, 0.4) is 0 Å². The van der Waals surface area contributed by atoms with Gasteiger partial charge >= 0.3 is 0 Å². The summed E-state index contributed by atoms with van der Waals surface area (Å²) in [6.07, 6.45) is 2.38. The Labute approximate surface area is 107 Å². The van der Waals surface area contributed by atoms with Crippen LogP contribution in [-0.2, 0) is 0 Å². The molecule has 0 aliphatic carbocycles. The van der Waals surface area contributed by atoms with Gasteiger partial charge in [0.05, 0.1) is 18.3 Å². The number of aliphatic hydroxyl groups is 1. The number of carbonyl (C=O) groups excluding carboxylic acids is 1. The van der Waals surface area contributed by atoms with Crippen molar-refractivity contribution in [1.29, 1.82) is 0 Å². The number of rotatable bonds is 7. The molecule has 2 N–H and O–H groups in total. The van der Waals surface area contributed by atoms with Crippen molar-refractivity contribution in [1.82, 2.24) is 10.3 Å². The smallest absolute Gasteiger partial charge is 0.252 e. The second-order valence-electron chi connectivity index (χ2n) is 3.92. The van der Waals surface area contributed by atoms with Crippen LogP contribution in [0.4, 0.5) is 0 Å². The molecule has 18 heavy (non-hydrogen) atoms. The molecule has 0 spiro atoms. The summed E-state index contributed by atoms with van der Waals surface area (Å²) in [6, 6.07) is 3.34. The normalized spacial score (nSPS) is 11.9. The maximum atomic E-state index is 11.7. The zero-order valence-electron chi connectivity index (χ0n) is 10.8. The third-order valence-electron chi connectivity index (χ3n) is 2.53. The van der Waals surface area contributed by atoms with Crippen LogP contribution < -0.4 is 10.1 Å². The molecule has 1 heterocycles. The molecule has 0 aliphatic heterocycles. The Hall–Kier alpha value is -1.62. The second-order valence-corrected chi connectivity index (χ2v) is 3.92. The van der Waals surface area contributed by atoms with Gasteiger partial charge in [-0.25, -0.2) is 4.98 Å². The van der Waals surface area contributed by atoms with Gasteiger partial charge in [-0.3, -0.25) is 4.79 Å². The molecule has 5 nitrogen and oxygen atoms in total. The van der Waals surface area contributed by atoms with Crippen LogP contribution in [0.5, 0.6) is 5.88 Å². The maximum Gasteiger partial charge on any atom is 0.252 e. The summed E-state index contributed by atoms with van der Waals surface area (Å²) in [5, 5.41) is 12.1. The van der Waals surface area contributed by atoms with Gasteiger partial charge in [-0.15, -0.1) is 0 Å². The van der Waals surface area contributed by atoms with E-state index >= 15 is 0 Å². The Balaban J connectivity index is 2.41. The van der Waals surface area contributed by atoms with Crippen molar-refractivity contribution < 1.29 is 14.6 Å². The first-order chi connectivity index (χ1) is 8.67. The van der Waals surface area contributed by atoms with Gasteiger partial charge in [-0.05, 0) is 25.8 Å². The average Bonchev–Trinajstić information content (AvgIpc) is 2.39. The first-order valence-electron chi connectivity index (χ1n) is 6.22. The highest BCUT2D eigenvalue weighted by Crippen LogP contribution is 2.07. The average molecular weight is 252 g/mol. The monoisotopic (exact) mass is 252 g/mol. The molecule has 1 aromatic rings. The van der Waals surface area contributed by atoms with Crippen molar-refractivity contribution in [3.05, 3.63) is 23.9 Å². The fourth-order valence-corrected chi connectivity index (χ4v) is 1.41. The van der Waals surface area contributed by atoms with Crippen molar-refractivity contribution in [3.63, 3.8) is 0 Å². The summed E-state index contributed by atoms with van der Waals surface area (Å²) < 4.78 is 5.19. The third kappa shape index (κ3) is 4.71. The third-order valence-corrected chi connectivity index (χ3v) is 2.53. The van der Waals surface area contributed by atoms with Crippen LogP contribution in [0, 0.1) is 0 Å². The Kier molecular flexibility index (Phi) is 6.14. The van der Waals surface area contributed by atoms with Crippen LogP contribution in [0.15, 0.2) is 18.3 Å². The highest BCUT2D eigenvalue weighted by atomic mass is 16.5. The minimum absolute atomic E-state index is 0.186. The summed E-state index contributed by atoms with van der Waals surface area (Å²) >= 11 is 0. The van der Waals surface area contributed by atoms with E-state index in [4.69, 9.17) is 4.74 Å². The maximum absolute atomic E-state index is 11.7. The first kappa shape index (κ1) is 14.4. The van der Waals surface area contributed by atoms with Crippen LogP contribution in [-0.4, -0.2) is 35.3 Å². The predicted molar refractivity (Wildman–Crippen MR) is 68.7 cm³/mol. The van der Waals surface area contributed by atoms with E-state index in [1.165, 1.54) is 6.20 Å². The summed E-state index contributed by atoms with van der Waals surface area (Å²) in [4.78, 5) is 15.7. The molecule has 5 heteroatoms. The van der Waals surface area contributed by atoms with Crippen molar-refractivity contribution in [2.75, 3.05) is 13.2 Å². The molecule has 1 atom stereocenters. The quantitative estimate of drug-likeness (QED) is 0.769. The van der Waals surface area contributed by atoms with Crippen LogP contribution >= 0.6 is 0 Å². The summed E-state index contributed by atoms with van der Waals surface area (Å²) in [5.74, 6) is 0.323. The number of hydrogen-bond donors (Lipinski definition) is 2. The fraction of sp³-hybridized carbons (Fsp3) is 0.538. The molecule has 0 radical (unpaired) electrons. The molecule has 1 aromatic heterocycles. The van der Waals surface area contributed by atoms with E-state index in [1.807, 2.05) is 13.8 Å². The largest absolute Gasteiger partial charge is 0.478 e. The SMILES string of the molecule is CCOc1ccc(C(=O)NCCC(O)CC)cn1. The number of amides is 1. The Bertz CT molecular complexity index is 365. The minimum atomic E-state index is -0.358. The molecule has 0 saturated heterocycles. The topological polar surface area (TPSA) is 71.5 Å². The van der Waals surface area contributed by atoms with Crippen molar-refractivity contribution in [2.45, 2.75) is 32.8 Å². The number of ether oxygens (including phenoxy) is 1. The predicted octanol–water partition coefficient (Wildman–Crippen LogP) is 1.37. The summed E-state index contributed by atoms with van der Waals surface area (Å²) in [6.45, 7) is 4.79. The molecule has 0 saturated carbocycles. The van der Waals surface area contributed by atoms with Gasteiger partial charge < -0.3 is 15.2 Å². The highest BCUT2D eigenvalue weighted by Gasteiger charge is 2.07. The van der Waals surface area contributed by atoms with Crippen molar-refractivity contribution in [2.24, 2.45) is 0 Å². The van der Waals surface area contributed by atoms with Crippen LogP contribution in [0.2, 0.25) is 0 Å². The number of aliphatic hydroxyl groups excluding tert-OH is 1. The van der Waals surface area contributed by atoms with E-state index in [1.54, 1.807) is 12.1 Å². The second kappa shape index (κ2) is 7.66.